The number of anilines is 1. The molecule has 4 heteroatoms. The summed E-state index contributed by atoms with van der Waals surface area (Å²) in [5.74, 6) is 1.54. The number of carbonyl (C=O) groups is 1. The van der Waals surface area contributed by atoms with E-state index in [1.54, 1.807) is 0 Å². The molecule has 1 N–H and O–H groups in total. The van der Waals surface area contributed by atoms with Crippen LogP contribution in [0.1, 0.15) is 40.2 Å². The summed E-state index contributed by atoms with van der Waals surface area (Å²) in [6, 6.07) is 15.0. The van der Waals surface area contributed by atoms with Crippen LogP contribution in [-0.2, 0) is 11.2 Å². The van der Waals surface area contributed by atoms with Gasteiger partial charge in [0.15, 0.2) is 0 Å². The Balaban J connectivity index is 1.89. The first kappa shape index (κ1) is 18.8. The molecule has 1 amide bonds. The number of nitrogens with one attached hydrogen (secondary N) is 1. The molecule has 0 bridgehead atoms. The third kappa shape index (κ3) is 6.87. The number of ether oxygens (including phenoxy) is 2. The fraction of sp³-hybridized carbons (Fsp3) is 0.381. The lowest BCUT2D eigenvalue weighted by atomic mass is 10.1. The third-order valence-corrected chi connectivity index (χ3v) is 3.22. The predicted octanol–water partition coefficient (Wildman–Crippen LogP) is 4.83. The van der Waals surface area contributed by atoms with Gasteiger partial charge in [-0.2, -0.15) is 0 Å². The molecular weight excluding hydrogens is 314 g/mol. The van der Waals surface area contributed by atoms with Crippen molar-refractivity contribution in [1.29, 1.82) is 0 Å². The average Bonchev–Trinajstić information content (AvgIpc) is 2.49. The highest BCUT2D eigenvalue weighted by molar-refractivity contribution is 5.92. The zero-order valence-corrected chi connectivity index (χ0v) is 15.6. The number of carbonyl (C=O) groups excluding carboxylic acids is 1. The highest BCUT2D eigenvalue weighted by Crippen LogP contribution is 2.20. The van der Waals surface area contributed by atoms with Gasteiger partial charge >= 0.3 is 0 Å². The van der Waals surface area contributed by atoms with Crippen LogP contribution in [0.5, 0.6) is 11.5 Å². The molecule has 134 valence electrons. The third-order valence-electron chi connectivity index (χ3n) is 3.22. The minimum atomic E-state index is -0.232. The summed E-state index contributed by atoms with van der Waals surface area (Å²) < 4.78 is 11.4. The Labute approximate surface area is 150 Å². The van der Waals surface area contributed by atoms with E-state index in [0.29, 0.717) is 6.42 Å². The molecule has 0 aliphatic carbocycles. The van der Waals surface area contributed by atoms with E-state index < -0.39 is 0 Å². The van der Waals surface area contributed by atoms with Gasteiger partial charge in [-0.25, -0.2) is 0 Å². The maximum atomic E-state index is 12.2. The van der Waals surface area contributed by atoms with Crippen molar-refractivity contribution in [3.8, 4) is 11.5 Å². The van der Waals surface area contributed by atoms with E-state index in [2.05, 4.69) is 5.32 Å². The van der Waals surface area contributed by atoms with E-state index in [1.807, 2.05) is 83.1 Å². The van der Waals surface area contributed by atoms with Crippen LogP contribution in [0.4, 0.5) is 5.69 Å². The minimum Gasteiger partial charge on any atom is -0.491 e. The molecule has 0 aliphatic heterocycles. The first-order chi connectivity index (χ1) is 11.7. The summed E-state index contributed by atoms with van der Waals surface area (Å²) in [6.45, 7) is 9.98. The Hall–Kier alpha value is -2.49. The van der Waals surface area contributed by atoms with Gasteiger partial charge in [0.05, 0.1) is 12.5 Å². The van der Waals surface area contributed by atoms with E-state index in [0.717, 1.165) is 22.7 Å². The minimum absolute atomic E-state index is 0.0537. The standard InChI is InChI=1S/C21H27NO3/c1-15(2)24-18-12-8-17(9-13-18)22-20(23)14-16-6-10-19(11-7-16)25-21(3,4)5/h6-13,15H,14H2,1-5H3,(H,22,23). The molecule has 0 atom stereocenters. The fourth-order valence-corrected chi connectivity index (χ4v) is 2.31. The summed E-state index contributed by atoms with van der Waals surface area (Å²) in [5, 5.41) is 2.90. The van der Waals surface area contributed by atoms with Crippen LogP contribution in [0, 0.1) is 0 Å². The van der Waals surface area contributed by atoms with Crippen LogP contribution in [-0.4, -0.2) is 17.6 Å². The smallest absolute Gasteiger partial charge is 0.228 e. The van der Waals surface area contributed by atoms with Gasteiger partial charge in [0, 0.05) is 5.69 Å². The predicted molar refractivity (Wildman–Crippen MR) is 101 cm³/mol. The van der Waals surface area contributed by atoms with E-state index in [4.69, 9.17) is 9.47 Å². The largest absolute Gasteiger partial charge is 0.491 e. The van der Waals surface area contributed by atoms with Gasteiger partial charge in [0.25, 0.3) is 0 Å². The van der Waals surface area contributed by atoms with Crippen molar-refractivity contribution in [3.05, 3.63) is 54.1 Å². The Morgan fingerprint density at radius 1 is 0.960 bits per heavy atom. The summed E-state index contributed by atoms with van der Waals surface area (Å²) in [5.41, 5.74) is 1.47. The first-order valence-electron chi connectivity index (χ1n) is 8.56. The van der Waals surface area contributed by atoms with Crippen molar-refractivity contribution in [1.82, 2.24) is 0 Å². The lowest BCUT2D eigenvalue weighted by Gasteiger charge is -2.21. The van der Waals surface area contributed by atoms with Crippen LogP contribution in [0.25, 0.3) is 0 Å². The Kier molecular flexibility index (Phi) is 6.07. The first-order valence-corrected chi connectivity index (χ1v) is 8.56. The molecule has 0 aliphatic rings. The van der Waals surface area contributed by atoms with E-state index in [9.17, 15) is 4.79 Å². The molecule has 0 fully saturated rings. The molecule has 0 saturated heterocycles. The topological polar surface area (TPSA) is 47.6 Å². The number of hydrogen-bond acceptors (Lipinski definition) is 3. The van der Waals surface area contributed by atoms with Gasteiger partial charge in [0.2, 0.25) is 5.91 Å². The molecule has 0 spiro atoms. The summed E-state index contributed by atoms with van der Waals surface area (Å²) >= 11 is 0. The molecule has 2 aromatic rings. The van der Waals surface area contributed by atoms with Crippen molar-refractivity contribution in [2.45, 2.75) is 52.7 Å². The molecule has 0 heterocycles. The van der Waals surface area contributed by atoms with Crippen molar-refractivity contribution in [2.75, 3.05) is 5.32 Å². The molecule has 2 aromatic carbocycles. The van der Waals surface area contributed by atoms with Gasteiger partial charge in [0.1, 0.15) is 17.1 Å². The normalized spacial score (nSPS) is 11.3. The summed E-state index contributed by atoms with van der Waals surface area (Å²) in [4.78, 5) is 12.2. The Bertz CT molecular complexity index is 683. The van der Waals surface area contributed by atoms with Crippen LogP contribution >= 0.6 is 0 Å². The highest BCUT2D eigenvalue weighted by Gasteiger charge is 2.12. The highest BCUT2D eigenvalue weighted by atomic mass is 16.5. The molecular formula is C21H27NO3. The molecule has 0 unspecified atom stereocenters. The number of benzene rings is 2. The molecule has 0 radical (unpaired) electrons. The van der Waals surface area contributed by atoms with Crippen LogP contribution in [0.2, 0.25) is 0 Å². The lowest BCUT2D eigenvalue weighted by molar-refractivity contribution is -0.115. The second-order valence-corrected chi connectivity index (χ2v) is 7.27. The number of amides is 1. The monoisotopic (exact) mass is 341 g/mol. The second kappa shape index (κ2) is 8.06. The van der Waals surface area contributed by atoms with Crippen LogP contribution in [0.15, 0.2) is 48.5 Å². The SMILES string of the molecule is CC(C)Oc1ccc(NC(=O)Cc2ccc(OC(C)(C)C)cc2)cc1. The van der Waals surface area contributed by atoms with Gasteiger partial charge in [-0.3, -0.25) is 4.79 Å². The molecule has 2 rings (SSSR count). The molecule has 0 saturated carbocycles. The van der Waals surface area contributed by atoms with E-state index in [-0.39, 0.29) is 17.6 Å². The number of rotatable bonds is 6. The second-order valence-electron chi connectivity index (χ2n) is 7.27. The maximum Gasteiger partial charge on any atom is 0.228 e. The van der Waals surface area contributed by atoms with Gasteiger partial charge in [-0.05, 0) is 76.6 Å². The van der Waals surface area contributed by atoms with Crippen molar-refractivity contribution in [2.24, 2.45) is 0 Å². The van der Waals surface area contributed by atoms with Crippen molar-refractivity contribution < 1.29 is 14.3 Å². The zero-order valence-electron chi connectivity index (χ0n) is 15.6. The molecule has 0 aromatic heterocycles. The maximum absolute atomic E-state index is 12.2. The zero-order chi connectivity index (χ0) is 18.4. The van der Waals surface area contributed by atoms with Crippen molar-refractivity contribution in [3.63, 3.8) is 0 Å². The lowest BCUT2D eigenvalue weighted by Crippen LogP contribution is -2.22. The van der Waals surface area contributed by atoms with Crippen LogP contribution < -0.4 is 14.8 Å². The fourth-order valence-electron chi connectivity index (χ4n) is 2.31. The number of hydrogen-bond donors (Lipinski definition) is 1. The van der Waals surface area contributed by atoms with Gasteiger partial charge in [-0.1, -0.05) is 12.1 Å². The Morgan fingerprint density at radius 3 is 2.04 bits per heavy atom. The Morgan fingerprint density at radius 2 is 1.52 bits per heavy atom. The average molecular weight is 341 g/mol. The summed E-state index contributed by atoms with van der Waals surface area (Å²) in [7, 11) is 0. The quantitative estimate of drug-likeness (QED) is 0.818. The summed E-state index contributed by atoms with van der Waals surface area (Å²) in [6.07, 6.45) is 0.450. The van der Waals surface area contributed by atoms with E-state index >= 15 is 0 Å². The van der Waals surface area contributed by atoms with Gasteiger partial charge in [-0.15, -0.1) is 0 Å². The molecule has 25 heavy (non-hydrogen) atoms. The van der Waals surface area contributed by atoms with Crippen molar-refractivity contribution >= 4 is 11.6 Å². The van der Waals surface area contributed by atoms with E-state index in [1.165, 1.54) is 0 Å². The van der Waals surface area contributed by atoms with Gasteiger partial charge < -0.3 is 14.8 Å². The molecule has 4 nitrogen and oxygen atoms in total. The van der Waals surface area contributed by atoms with Crippen LogP contribution in [0.3, 0.4) is 0 Å².